The molecular weight excluding hydrogens is 263 g/mol. The van der Waals surface area contributed by atoms with Gasteiger partial charge >= 0.3 is 0 Å². The molecule has 3 saturated carbocycles. The van der Waals surface area contributed by atoms with Gasteiger partial charge in [-0.15, -0.1) is 0 Å². The number of anilines is 1. The summed E-state index contributed by atoms with van der Waals surface area (Å²) in [6.45, 7) is 0. The van der Waals surface area contributed by atoms with Crippen LogP contribution >= 0.6 is 0 Å². The van der Waals surface area contributed by atoms with Crippen LogP contribution in [0.4, 0.5) is 18.9 Å². The number of halogens is 3. The van der Waals surface area contributed by atoms with Crippen molar-refractivity contribution in [2.45, 2.75) is 38.1 Å². The van der Waals surface area contributed by atoms with Crippen LogP contribution in [0.25, 0.3) is 0 Å². The lowest BCUT2D eigenvalue weighted by atomic mass is 9.79. The van der Waals surface area contributed by atoms with Gasteiger partial charge in [-0.25, -0.2) is 13.2 Å². The first-order chi connectivity index (χ1) is 9.63. The molecule has 5 unspecified atom stereocenters. The van der Waals surface area contributed by atoms with Gasteiger partial charge in [-0.05, 0) is 49.4 Å². The molecule has 2 bridgehead atoms. The highest BCUT2D eigenvalue weighted by Gasteiger charge is 2.53. The van der Waals surface area contributed by atoms with Crippen molar-refractivity contribution in [3.63, 3.8) is 0 Å². The summed E-state index contributed by atoms with van der Waals surface area (Å²) in [4.78, 5) is 0. The minimum atomic E-state index is -1.12. The number of nitrogens with one attached hydrogen (secondary N) is 1. The second-order valence-corrected chi connectivity index (χ2v) is 6.65. The third-order valence-corrected chi connectivity index (χ3v) is 5.76. The third-order valence-electron chi connectivity index (χ3n) is 5.76. The normalized spacial score (nSPS) is 38.2. The molecule has 0 aromatic heterocycles. The van der Waals surface area contributed by atoms with Gasteiger partial charge in [0.05, 0.1) is 5.69 Å². The SMILES string of the molecule is Fc1cc(F)c(F)c(NC2CC3CC2C2CCCC32)c1. The number of fused-ring (bicyclic) bond motifs is 5. The van der Waals surface area contributed by atoms with Gasteiger partial charge in [0.2, 0.25) is 0 Å². The first kappa shape index (κ1) is 12.5. The highest BCUT2D eigenvalue weighted by atomic mass is 19.2. The van der Waals surface area contributed by atoms with Crippen LogP contribution in [-0.2, 0) is 0 Å². The van der Waals surface area contributed by atoms with Crippen molar-refractivity contribution in [3.05, 3.63) is 29.6 Å². The minimum absolute atomic E-state index is 0.0189. The fourth-order valence-corrected chi connectivity index (χ4v) is 5.09. The van der Waals surface area contributed by atoms with Crippen molar-refractivity contribution >= 4 is 5.69 Å². The highest BCUT2D eigenvalue weighted by molar-refractivity contribution is 5.47. The average molecular weight is 281 g/mol. The fraction of sp³-hybridized carbons (Fsp3) is 0.625. The molecule has 4 heteroatoms. The average Bonchev–Trinajstić information content (AvgIpc) is 3.06. The van der Waals surface area contributed by atoms with E-state index in [0.717, 1.165) is 30.2 Å². The Morgan fingerprint density at radius 2 is 1.75 bits per heavy atom. The molecule has 3 aliphatic carbocycles. The Morgan fingerprint density at radius 1 is 0.950 bits per heavy atom. The molecule has 0 radical (unpaired) electrons. The summed E-state index contributed by atoms with van der Waals surface area (Å²) in [6, 6.07) is 1.83. The van der Waals surface area contributed by atoms with Crippen molar-refractivity contribution in [2.75, 3.05) is 5.32 Å². The number of hydrogen-bond donors (Lipinski definition) is 1. The van der Waals surface area contributed by atoms with E-state index >= 15 is 0 Å². The van der Waals surface area contributed by atoms with Gasteiger partial charge < -0.3 is 5.32 Å². The van der Waals surface area contributed by atoms with E-state index in [2.05, 4.69) is 5.32 Å². The maximum Gasteiger partial charge on any atom is 0.182 e. The van der Waals surface area contributed by atoms with E-state index in [1.165, 1.54) is 25.7 Å². The molecule has 0 spiro atoms. The van der Waals surface area contributed by atoms with Gasteiger partial charge in [0.1, 0.15) is 5.82 Å². The molecule has 1 nitrogen and oxygen atoms in total. The first-order valence-electron chi connectivity index (χ1n) is 7.54. The van der Waals surface area contributed by atoms with Gasteiger partial charge in [-0.1, -0.05) is 6.42 Å². The van der Waals surface area contributed by atoms with E-state index < -0.39 is 17.5 Å². The molecule has 0 saturated heterocycles. The second kappa shape index (κ2) is 4.40. The second-order valence-electron chi connectivity index (χ2n) is 6.65. The topological polar surface area (TPSA) is 12.0 Å². The smallest absolute Gasteiger partial charge is 0.182 e. The molecule has 3 aliphatic rings. The molecule has 4 rings (SSSR count). The van der Waals surface area contributed by atoms with Gasteiger partial charge in [0, 0.05) is 18.2 Å². The maximum absolute atomic E-state index is 13.7. The molecule has 0 aliphatic heterocycles. The molecule has 1 N–H and O–H groups in total. The molecule has 3 fully saturated rings. The molecule has 1 aromatic rings. The monoisotopic (exact) mass is 281 g/mol. The number of rotatable bonds is 2. The summed E-state index contributed by atoms with van der Waals surface area (Å²) < 4.78 is 40.2. The van der Waals surface area contributed by atoms with Crippen LogP contribution in [0.15, 0.2) is 12.1 Å². The molecule has 1 aromatic carbocycles. The van der Waals surface area contributed by atoms with Crippen molar-refractivity contribution in [1.82, 2.24) is 0 Å². The van der Waals surface area contributed by atoms with Gasteiger partial charge in [-0.2, -0.15) is 0 Å². The first-order valence-corrected chi connectivity index (χ1v) is 7.54. The third kappa shape index (κ3) is 1.76. The predicted molar refractivity (Wildman–Crippen MR) is 70.8 cm³/mol. The lowest BCUT2D eigenvalue weighted by molar-refractivity contribution is 0.243. The Labute approximate surface area is 116 Å². The van der Waals surface area contributed by atoms with Crippen LogP contribution in [0.1, 0.15) is 32.1 Å². The lowest BCUT2D eigenvalue weighted by Gasteiger charge is -2.32. The summed E-state index contributed by atoms with van der Waals surface area (Å²) in [7, 11) is 0. The van der Waals surface area contributed by atoms with Gasteiger partial charge in [0.15, 0.2) is 11.6 Å². The van der Waals surface area contributed by atoms with E-state index in [0.29, 0.717) is 12.0 Å². The standard InChI is InChI=1S/C16H18F3N/c17-9-6-13(18)16(19)15(7-9)20-14-5-8-4-12(14)11-3-1-2-10(8)11/h6-8,10-12,14,20H,1-5H2. The van der Waals surface area contributed by atoms with E-state index in [1.807, 2.05) is 0 Å². The van der Waals surface area contributed by atoms with Crippen LogP contribution in [-0.4, -0.2) is 6.04 Å². The molecule has 5 atom stereocenters. The zero-order valence-electron chi connectivity index (χ0n) is 11.2. The predicted octanol–water partition coefficient (Wildman–Crippen LogP) is 4.34. The summed E-state index contributed by atoms with van der Waals surface area (Å²) in [6.07, 6.45) is 6.12. The van der Waals surface area contributed by atoms with Crippen molar-refractivity contribution in [2.24, 2.45) is 23.7 Å². The van der Waals surface area contributed by atoms with Crippen LogP contribution in [0.3, 0.4) is 0 Å². The van der Waals surface area contributed by atoms with E-state index in [1.54, 1.807) is 0 Å². The van der Waals surface area contributed by atoms with E-state index in [-0.39, 0.29) is 11.7 Å². The van der Waals surface area contributed by atoms with Crippen molar-refractivity contribution in [1.29, 1.82) is 0 Å². The van der Waals surface area contributed by atoms with Gasteiger partial charge in [0.25, 0.3) is 0 Å². The van der Waals surface area contributed by atoms with Crippen LogP contribution in [0.2, 0.25) is 0 Å². The van der Waals surface area contributed by atoms with Crippen LogP contribution in [0.5, 0.6) is 0 Å². The zero-order chi connectivity index (χ0) is 13.9. The van der Waals surface area contributed by atoms with E-state index in [4.69, 9.17) is 0 Å². The highest BCUT2D eigenvalue weighted by Crippen LogP contribution is 2.59. The Bertz CT molecular complexity index is 545. The van der Waals surface area contributed by atoms with Crippen molar-refractivity contribution in [3.8, 4) is 0 Å². The van der Waals surface area contributed by atoms with Crippen LogP contribution in [0, 0.1) is 41.1 Å². The Morgan fingerprint density at radius 3 is 2.60 bits per heavy atom. The number of benzene rings is 1. The summed E-state index contributed by atoms with van der Waals surface area (Å²) >= 11 is 0. The maximum atomic E-state index is 13.7. The largest absolute Gasteiger partial charge is 0.379 e. The zero-order valence-corrected chi connectivity index (χ0v) is 11.2. The minimum Gasteiger partial charge on any atom is -0.379 e. The number of hydrogen-bond acceptors (Lipinski definition) is 1. The Kier molecular flexibility index (Phi) is 2.76. The molecule has 20 heavy (non-hydrogen) atoms. The molecule has 0 heterocycles. The van der Waals surface area contributed by atoms with Gasteiger partial charge in [-0.3, -0.25) is 0 Å². The Balaban J connectivity index is 1.56. The molecule has 108 valence electrons. The van der Waals surface area contributed by atoms with Crippen LogP contribution < -0.4 is 5.32 Å². The van der Waals surface area contributed by atoms with Crippen molar-refractivity contribution < 1.29 is 13.2 Å². The summed E-state index contributed by atoms with van der Waals surface area (Å²) in [5.74, 6) is 0.0735. The summed E-state index contributed by atoms with van der Waals surface area (Å²) in [5, 5.41) is 3.08. The molecular formula is C16H18F3N. The Hall–Kier alpha value is -1.19. The summed E-state index contributed by atoms with van der Waals surface area (Å²) in [5.41, 5.74) is -0.0189. The quantitative estimate of drug-likeness (QED) is 0.795. The lowest BCUT2D eigenvalue weighted by Crippen LogP contribution is -2.34. The van der Waals surface area contributed by atoms with E-state index in [9.17, 15) is 13.2 Å². The molecule has 0 amide bonds. The fourth-order valence-electron chi connectivity index (χ4n) is 5.09.